The number of hydrogen-bond acceptors (Lipinski definition) is 3. The van der Waals surface area contributed by atoms with E-state index in [9.17, 15) is 9.59 Å². The van der Waals surface area contributed by atoms with Gasteiger partial charge in [-0.15, -0.1) is 0 Å². The van der Waals surface area contributed by atoms with Gasteiger partial charge >= 0.3 is 6.09 Å². The molecule has 1 atom stereocenters. The average Bonchev–Trinajstić information content (AvgIpc) is 3.00. The number of carboxylic acid groups (broad SMARTS) is 1. The molecule has 4 aliphatic rings. The van der Waals surface area contributed by atoms with Crippen LogP contribution in [0.4, 0.5) is 4.79 Å². The number of rotatable bonds is 2. The Morgan fingerprint density at radius 1 is 1.17 bits per heavy atom. The molecule has 0 radical (unpaired) electrons. The summed E-state index contributed by atoms with van der Waals surface area (Å²) < 4.78 is 0. The molecule has 0 aromatic rings. The largest absolute Gasteiger partial charge is 0.465 e. The summed E-state index contributed by atoms with van der Waals surface area (Å²) in [5, 5.41) is 12.2. The van der Waals surface area contributed by atoms with Crippen molar-refractivity contribution in [3.63, 3.8) is 0 Å². The van der Waals surface area contributed by atoms with Crippen LogP contribution in [0.2, 0.25) is 0 Å². The lowest BCUT2D eigenvalue weighted by atomic mass is 9.64. The molecule has 1 spiro atoms. The summed E-state index contributed by atoms with van der Waals surface area (Å²) in [6.45, 7) is 4.51. The van der Waals surface area contributed by atoms with Crippen LogP contribution in [0.1, 0.15) is 44.9 Å². The zero-order valence-corrected chi connectivity index (χ0v) is 14.4. The molecule has 24 heavy (non-hydrogen) atoms. The van der Waals surface area contributed by atoms with Crippen molar-refractivity contribution in [2.24, 2.45) is 17.3 Å². The van der Waals surface area contributed by atoms with E-state index < -0.39 is 6.09 Å². The Labute approximate surface area is 143 Å². The molecule has 1 saturated carbocycles. The van der Waals surface area contributed by atoms with Crippen molar-refractivity contribution in [3.8, 4) is 0 Å². The molecular weight excluding hydrogens is 306 g/mol. The molecule has 6 heteroatoms. The standard InChI is InChI=1S/C18H29N3O3/c22-16-15(2-1-6-19-16)13-3-7-20(8-4-13)14-10-18(11-14)5-9-21(12-18)17(23)24/h13-15H,1-12H2,(H,19,22)(H,23,24). The lowest BCUT2D eigenvalue weighted by Crippen LogP contribution is -2.55. The highest BCUT2D eigenvalue weighted by Crippen LogP contribution is 2.50. The topological polar surface area (TPSA) is 72.9 Å². The summed E-state index contributed by atoms with van der Waals surface area (Å²) >= 11 is 0. The van der Waals surface area contributed by atoms with Crippen LogP contribution in [0, 0.1) is 17.3 Å². The van der Waals surface area contributed by atoms with Crippen molar-refractivity contribution >= 4 is 12.0 Å². The van der Waals surface area contributed by atoms with Crippen LogP contribution in [0.25, 0.3) is 0 Å². The number of carbonyl (C=O) groups is 2. The van der Waals surface area contributed by atoms with Gasteiger partial charge in [0.25, 0.3) is 0 Å². The van der Waals surface area contributed by atoms with Crippen LogP contribution in [-0.4, -0.2) is 65.7 Å². The lowest BCUT2D eigenvalue weighted by molar-refractivity contribution is -0.129. The van der Waals surface area contributed by atoms with Gasteiger partial charge in [0, 0.05) is 31.6 Å². The number of nitrogens with one attached hydrogen (secondary N) is 1. The second-order valence-electron chi connectivity index (χ2n) is 8.43. The number of hydrogen-bond donors (Lipinski definition) is 2. The Morgan fingerprint density at radius 3 is 2.54 bits per heavy atom. The van der Waals surface area contributed by atoms with Gasteiger partial charge in [-0.25, -0.2) is 4.79 Å². The van der Waals surface area contributed by atoms with Gasteiger partial charge < -0.3 is 20.2 Å². The van der Waals surface area contributed by atoms with E-state index in [2.05, 4.69) is 10.2 Å². The maximum atomic E-state index is 12.1. The zero-order chi connectivity index (χ0) is 16.7. The number of likely N-dealkylation sites (tertiary alicyclic amines) is 2. The van der Waals surface area contributed by atoms with Crippen molar-refractivity contribution in [1.29, 1.82) is 0 Å². The molecule has 3 aliphatic heterocycles. The van der Waals surface area contributed by atoms with Crippen LogP contribution < -0.4 is 5.32 Å². The molecule has 4 rings (SSSR count). The summed E-state index contributed by atoms with van der Waals surface area (Å²) in [5.41, 5.74) is 0.267. The molecule has 134 valence electrons. The normalized spacial score (nSPS) is 38.2. The maximum Gasteiger partial charge on any atom is 0.407 e. The Morgan fingerprint density at radius 2 is 1.92 bits per heavy atom. The van der Waals surface area contributed by atoms with Crippen molar-refractivity contribution < 1.29 is 14.7 Å². The zero-order valence-electron chi connectivity index (χ0n) is 14.4. The van der Waals surface area contributed by atoms with Crippen LogP contribution >= 0.6 is 0 Å². The van der Waals surface area contributed by atoms with E-state index in [1.165, 1.54) is 0 Å². The summed E-state index contributed by atoms with van der Waals surface area (Å²) in [6.07, 6.45) is 7.06. The third-order valence-electron chi connectivity index (χ3n) is 7.03. The molecule has 0 aromatic heterocycles. The van der Waals surface area contributed by atoms with E-state index in [0.29, 0.717) is 18.5 Å². The lowest BCUT2D eigenvalue weighted by Gasteiger charge is -2.52. The van der Waals surface area contributed by atoms with Gasteiger partial charge in [0.15, 0.2) is 0 Å². The second-order valence-corrected chi connectivity index (χ2v) is 8.43. The molecule has 3 heterocycles. The van der Waals surface area contributed by atoms with Gasteiger partial charge in [-0.1, -0.05) is 0 Å². The fraction of sp³-hybridized carbons (Fsp3) is 0.889. The summed E-state index contributed by atoms with van der Waals surface area (Å²) in [5.74, 6) is 1.08. The highest BCUT2D eigenvalue weighted by atomic mass is 16.4. The van der Waals surface area contributed by atoms with Gasteiger partial charge in [0.2, 0.25) is 5.91 Å². The van der Waals surface area contributed by atoms with Crippen LogP contribution in [0.3, 0.4) is 0 Å². The van der Waals surface area contributed by atoms with Gasteiger partial charge in [-0.3, -0.25) is 4.79 Å². The minimum atomic E-state index is -0.762. The third kappa shape index (κ3) is 2.89. The predicted molar refractivity (Wildman–Crippen MR) is 89.7 cm³/mol. The van der Waals surface area contributed by atoms with Crippen molar-refractivity contribution in [2.45, 2.75) is 51.0 Å². The smallest absolute Gasteiger partial charge is 0.407 e. The number of piperidine rings is 2. The third-order valence-corrected chi connectivity index (χ3v) is 7.03. The first-order valence-corrected chi connectivity index (χ1v) is 9.56. The molecule has 2 N–H and O–H groups in total. The van der Waals surface area contributed by atoms with Crippen molar-refractivity contribution in [2.75, 3.05) is 32.7 Å². The summed E-state index contributed by atoms with van der Waals surface area (Å²) in [7, 11) is 0. The fourth-order valence-electron chi connectivity index (χ4n) is 5.56. The van der Waals surface area contributed by atoms with E-state index in [4.69, 9.17) is 5.11 Å². The number of amides is 2. The second kappa shape index (κ2) is 6.21. The molecule has 1 aliphatic carbocycles. The van der Waals surface area contributed by atoms with E-state index >= 15 is 0 Å². The van der Waals surface area contributed by atoms with Gasteiger partial charge in [-0.05, 0) is 69.4 Å². The minimum absolute atomic E-state index is 0.243. The highest BCUT2D eigenvalue weighted by molar-refractivity contribution is 5.79. The van der Waals surface area contributed by atoms with Crippen LogP contribution in [0.5, 0.6) is 0 Å². The van der Waals surface area contributed by atoms with E-state index in [1.807, 2.05) is 0 Å². The van der Waals surface area contributed by atoms with E-state index in [0.717, 1.165) is 71.1 Å². The van der Waals surface area contributed by atoms with Crippen LogP contribution in [0.15, 0.2) is 0 Å². The number of nitrogens with zero attached hydrogens (tertiary/aromatic N) is 2. The molecule has 2 amide bonds. The van der Waals surface area contributed by atoms with Crippen LogP contribution in [-0.2, 0) is 4.79 Å². The minimum Gasteiger partial charge on any atom is -0.465 e. The SMILES string of the molecule is O=C1NCCCC1C1CCN(C2CC3(CCN(C(=O)O)C3)C2)CC1. The first kappa shape index (κ1) is 16.2. The van der Waals surface area contributed by atoms with E-state index in [1.54, 1.807) is 4.90 Å². The Hall–Kier alpha value is -1.30. The average molecular weight is 335 g/mol. The van der Waals surface area contributed by atoms with Gasteiger partial charge in [-0.2, -0.15) is 0 Å². The van der Waals surface area contributed by atoms with Crippen molar-refractivity contribution in [1.82, 2.24) is 15.1 Å². The Kier molecular flexibility index (Phi) is 4.19. The maximum absolute atomic E-state index is 12.1. The fourth-order valence-corrected chi connectivity index (χ4v) is 5.56. The van der Waals surface area contributed by atoms with Gasteiger partial charge in [0.1, 0.15) is 0 Å². The van der Waals surface area contributed by atoms with Crippen molar-refractivity contribution in [3.05, 3.63) is 0 Å². The number of carbonyl (C=O) groups excluding carboxylic acids is 1. The molecule has 0 aromatic carbocycles. The summed E-state index contributed by atoms with van der Waals surface area (Å²) in [6, 6.07) is 0.639. The Bertz CT molecular complexity index is 510. The molecule has 3 saturated heterocycles. The molecule has 6 nitrogen and oxygen atoms in total. The summed E-state index contributed by atoms with van der Waals surface area (Å²) in [4.78, 5) is 27.4. The quantitative estimate of drug-likeness (QED) is 0.806. The first-order valence-electron chi connectivity index (χ1n) is 9.56. The molecule has 1 unspecified atom stereocenters. The van der Waals surface area contributed by atoms with E-state index in [-0.39, 0.29) is 17.2 Å². The molecular formula is C18H29N3O3. The molecule has 0 bridgehead atoms. The predicted octanol–water partition coefficient (Wildman–Crippen LogP) is 1.76. The Balaban J connectivity index is 1.25. The molecule has 4 fully saturated rings. The first-order chi connectivity index (χ1) is 11.6. The van der Waals surface area contributed by atoms with Gasteiger partial charge in [0.05, 0.1) is 0 Å². The monoisotopic (exact) mass is 335 g/mol. The highest BCUT2D eigenvalue weighted by Gasteiger charge is 2.51.